The van der Waals surface area contributed by atoms with Crippen molar-refractivity contribution in [2.75, 3.05) is 12.4 Å². The van der Waals surface area contributed by atoms with Crippen LogP contribution in [-0.2, 0) is 22.7 Å². The van der Waals surface area contributed by atoms with Gasteiger partial charge in [0.15, 0.2) is 0 Å². The third-order valence-electron chi connectivity index (χ3n) is 3.73. The Hall–Kier alpha value is -2.66. The maximum atomic E-state index is 12.2. The molecule has 25 heavy (non-hydrogen) atoms. The second kappa shape index (κ2) is 8.99. The summed E-state index contributed by atoms with van der Waals surface area (Å²) in [6.45, 7) is 4.65. The molecule has 0 radical (unpaired) electrons. The number of amides is 2. The maximum absolute atomic E-state index is 12.2. The number of methoxy groups -OCH3 is 1. The second-order valence-corrected chi connectivity index (χ2v) is 6.15. The van der Waals surface area contributed by atoms with E-state index in [0.29, 0.717) is 18.7 Å². The van der Waals surface area contributed by atoms with Crippen molar-refractivity contribution in [1.82, 2.24) is 5.32 Å². The van der Waals surface area contributed by atoms with Gasteiger partial charge in [-0.15, -0.1) is 0 Å². The Balaban J connectivity index is 1.88. The van der Waals surface area contributed by atoms with Crippen LogP contribution in [0, 0.1) is 5.92 Å². The van der Waals surface area contributed by atoms with Gasteiger partial charge in [-0.05, 0) is 35.4 Å². The Morgan fingerprint density at radius 2 is 1.56 bits per heavy atom. The van der Waals surface area contributed by atoms with Gasteiger partial charge in [-0.3, -0.25) is 9.59 Å². The average molecular weight is 340 g/mol. The first-order valence-corrected chi connectivity index (χ1v) is 8.25. The van der Waals surface area contributed by atoms with Gasteiger partial charge in [0.1, 0.15) is 0 Å². The molecule has 132 valence electrons. The van der Waals surface area contributed by atoms with E-state index in [1.54, 1.807) is 19.2 Å². The molecular formula is C20H24N2O3. The zero-order valence-corrected chi connectivity index (χ0v) is 14.8. The fourth-order valence-electron chi connectivity index (χ4n) is 2.20. The van der Waals surface area contributed by atoms with Crippen molar-refractivity contribution >= 4 is 17.5 Å². The molecule has 0 aliphatic heterocycles. The van der Waals surface area contributed by atoms with E-state index in [4.69, 9.17) is 4.74 Å². The van der Waals surface area contributed by atoms with Gasteiger partial charge < -0.3 is 15.4 Å². The van der Waals surface area contributed by atoms with Gasteiger partial charge in [-0.1, -0.05) is 38.1 Å². The molecule has 5 heteroatoms. The minimum Gasteiger partial charge on any atom is -0.380 e. The third kappa shape index (κ3) is 5.72. The van der Waals surface area contributed by atoms with Crippen molar-refractivity contribution in [3.63, 3.8) is 0 Å². The van der Waals surface area contributed by atoms with Crippen LogP contribution in [0.4, 0.5) is 5.69 Å². The molecule has 0 aliphatic rings. The molecule has 0 bridgehead atoms. The number of carbonyl (C=O) groups is 2. The highest BCUT2D eigenvalue weighted by Crippen LogP contribution is 2.11. The lowest BCUT2D eigenvalue weighted by molar-refractivity contribution is -0.118. The molecule has 2 N–H and O–H groups in total. The Bertz CT molecular complexity index is 707. The number of ether oxygens (including phenoxy) is 1. The lowest BCUT2D eigenvalue weighted by Gasteiger charge is -2.09. The van der Waals surface area contributed by atoms with Crippen LogP contribution < -0.4 is 10.6 Å². The molecule has 5 nitrogen and oxygen atoms in total. The van der Waals surface area contributed by atoms with Gasteiger partial charge in [0, 0.05) is 30.8 Å². The number of hydrogen-bond donors (Lipinski definition) is 2. The highest BCUT2D eigenvalue weighted by molar-refractivity contribution is 5.94. The van der Waals surface area contributed by atoms with Crippen molar-refractivity contribution in [1.29, 1.82) is 0 Å². The van der Waals surface area contributed by atoms with Crippen LogP contribution in [0.2, 0.25) is 0 Å². The summed E-state index contributed by atoms with van der Waals surface area (Å²) in [5, 5.41) is 5.73. The molecular weight excluding hydrogens is 316 g/mol. The molecule has 0 fully saturated rings. The summed E-state index contributed by atoms with van der Waals surface area (Å²) in [6.07, 6.45) is 0. The van der Waals surface area contributed by atoms with Crippen molar-refractivity contribution in [3.05, 3.63) is 65.2 Å². The smallest absolute Gasteiger partial charge is 0.251 e. The molecule has 0 heterocycles. The summed E-state index contributed by atoms with van der Waals surface area (Å²) in [5.74, 6) is -0.201. The molecule has 0 unspecified atom stereocenters. The molecule has 2 amide bonds. The molecule has 2 aromatic carbocycles. The van der Waals surface area contributed by atoms with Crippen LogP contribution in [-0.4, -0.2) is 18.9 Å². The van der Waals surface area contributed by atoms with Crippen molar-refractivity contribution in [2.24, 2.45) is 5.92 Å². The largest absolute Gasteiger partial charge is 0.380 e. The number of anilines is 1. The summed E-state index contributed by atoms with van der Waals surface area (Å²) >= 11 is 0. The second-order valence-electron chi connectivity index (χ2n) is 6.15. The fourth-order valence-corrected chi connectivity index (χ4v) is 2.20. The highest BCUT2D eigenvalue weighted by atomic mass is 16.5. The number of benzene rings is 2. The van der Waals surface area contributed by atoms with Crippen molar-refractivity contribution < 1.29 is 14.3 Å². The minimum atomic E-state index is -0.124. The lowest BCUT2D eigenvalue weighted by atomic mass is 10.1. The van der Waals surface area contributed by atoms with E-state index < -0.39 is 0 Å². The van der Waals surface area contributed by atoms with E-state index in [1.807, 2.05) is 50.2 Å². The lowest BCUT2D eigenvalue weighted by Crippen LogP contribution is -2.22. The summed E-state index contributed by atoms with van der Waals surface area (Å²) in [6, 6.07) is 14.8. The van der Waals surface area contributed by atoms with E-state index >= 15 is 0 Å². The maximum Gasteiger partial charge on any atom is 0.251 e. The quantitative estimate of drug-likeness (QED) is 0.812. The summed E-state index contributed by atoms with van der Waals surface area (Å²) in [5.41, 5.74) is 3.35. The molecule has 0 spiro atoms. The Labute approximate surface area is 148 Å². The summed E-state index contributed by atoms with van der Waals surface area (Å²) in [4.78, 5) is 23.8. The van der Waals surface area contributed by atoms with Gasteiger partial charge in [0.05, 0.1) is 6.61 Å². The zero-order valence-electron chi connectivity index (χ0n) is 14.8. The minimum absolute atomic E-state index is 0.0158. The van der Waals surface area contributed by atoms with E-state index in [9.17, 15) is 9.59 Å². The van der Waals surface area contributed by atoms with Crippen LogP contribution in [0.15, 0.2) is 48.5 Å². The molecule has 2 aromatic rings. The zero-order chi connectivity index (χ0) is 18.2. The SMILES string of the molecule is COCc1ccc(C(=O)NCc2ccc(NC(=O)C(C)C)cc2)cc1. The van der Waals surface area contributed by atoms with Gasteiger partial charge in [-0.25, -0.2) is 0 Å². The molecule has 0 aliphatic carbocycles. The van der Waals surface area contributed by atoms with Crippen LogP contribution in [0.1, 0.15) is 35.3 Å². The first-order chi connectivity index (χ1) is 12.0. The normalized spacial score (nSPS) is 10.6. The number of hydrogen-bond acceptors (Lipinski definition) is 3. The number of nitrogens with one attached hydrogen (secondary N) is 2. The Morgan fingerprint density at radius 3 is 2.12 bits per heavy atom. The standard InChI is InChI=1S/C20H24N2O3/c1-14(2)19(23)22-18-10-6-15(7-11-18)12-21-20(24)17-8-4-16(5-9-17)13-25-3/h4-11,14H,12-13H2,1-3H3,(H,21,24)(H,22,23). The molecule has 2 rings (SSSR count). The fraction of sp³-hybridized carbons (Fsp3) is 0.300. The Kier molecular flexibility index (Phi) is 6.71. The molecule has 0 saturated heterocycles. The van der Waals surface area contributed by atoms with E-state index in [-0.39, 0.29) is 17.7 Å². The van der Waals surface area contributed by atoms with Crippen LogP contribution in [0.5, 0.6) is 0 Å². The van der Waals surface area contributed by atoms with Crippen molar-refractivity contribution in [3.8, 4) is 0 Å². The highest BCUT2D eigenvalue weighted by Gasteiger charge is 2.08. The van der Waals surface area contributed by atoms with Gasteiger partial charge in [0.25, 0.3) is 5.91 Å². The van der Waals surface area contributed by atoms with Gasteiger partial charge >= 0.3 is 0 Å². The van der Waals surface area contributed by atoms with Gasteiger partial charge in [0.2, 0.25) is 5.91 Å². The molecule has 0 aromatic heterocycles. The Morgan fingerprint density at radius 1 is 0.960 bits per heavy atom. The van der Waals surface area contributed by atoms with E-state index in [1.165, 1.54) is 0 Å². The van der Waals surface area contributed by atoms with Crippen LogP contribution >= 0.6 is 0 Å². The van der Waals surface area contributed by atoms with Crippen LogP contribution in [0.3, 0.4) is 0 Å². The summed E-state index contributed by atoms with van der Waals surface area (Å²) < 4.78 is 5.05. The first kappa shape index (κ1) is 18.7. The van der Waals surface area contributed by atoms with Crippen LogP contribution in [0.25, 0.3) is 0 Å². The predicted molar refractivity (Wildman–Crippen MR) is 98.2 cm³/mol. The predicted octanol–water partition coefficient (Wildman–Crippen LogP) is 3.36. The molecule has 0 saturated carbocycles. The number of rotatable bonds is 7. The van der Waals surface area contributed by atoms with Gasteiger partial charge in [-0.2, -0.15) is 0 Å². The third-order valence-corrected chi connectivity index (χ3v) is 3.73. The first-order valence-electron chi connectivity index (χ1n) is 8.25. The topological polar surface area (TPSA) is 67.4 Å². The average Bonchev–Trinajstić information content (AvgIpc) is 2.61. The monoisotopic (exact) mass is 340 g/mol. The number of carbonyl (C=O) groups excluding carboxylic acids is 2. The van der Waals surface area contributed by atoms with E-state index in [0.717, 1.165) is 16.8 Å². The summed E-state index contributed by atoms with van der Waals surface area (Å²) in [7, 11) is 1.64. The van der Waals surface area contributed by atoms with E-state index in [2.05, 4.69) is 10.6 Å². The molecule has 0 atom stereocenters. The van der Waals surface area contributed by atoms with Crippen molar-refractivity contribution in [2.45, 2.75) is 27.0 Å².